The number of nitrogens with zero attached hydrogens (tertiary/aromatic N) is 2. The zero-order chi connectivity index (χ0) is 19.4. The van der Waals surface area contributed by atoms with E-state index in [0.717, 1.165) is 17.8 Å². The molecule has 0 aliphatic heterocycles. The van der Waals surface area contributed by atoms with Crippen LogP contribution in [0, 0.1) is 11.6 Å². The van der Waals surface area contributed by atoms with Gasteiger partial charge < -0.3 is 10.1 Å². The third-order valence-corrected chi connectivity index (χ3v) is 4.88. The number of nitrogens with one attached hydrogen (secondary N) is 1. The number of ether oxygens (including phenoxy) is 1. The van der Waals surface area contributed by atoms with E-state index in [1.165, 1.54) is 17.8 Å². The van der Waals surface area contributed by atoms with Crippen LogP contribution in [0.25, 0.3) is 5.69 Å². The summed E-state index contributed by atoms with van der Waals surface area (Å²) in [5, 5.41) is 2.24. The molecule has 0 fully saturated rings. The summed E-state index contributed by atoms with van der Waals surface area (Å²) in [5.74, 6) is -1.47. The Balaban J connectivity index is 1.76. The Morgan fingerprint density at radius 3 is 2.63 bits per heavy atom. The second kappa shape index (κ2) is 8.22. The molecule has 140 valence electrons. The molecule has 1 N–H and O–H groups in total. The maximum absolute atomic E-state index is 13.7. The van der Waals surface area contributed by atoms with Crippen molar-refractivity contribution in [1.29, 1.82) is 0 Å². The average Bonchev–Trinajstić information content (AvgIpc) is 3.12. The van der Waals surface area contributed by atoms with E-state index in [1.54, 1.807) is 31.0 Å². The van der Waals surface area contributed by atoms with Crippen LogP contribution in [0.2, 0.25) is 0 Å². The zero-order valence-electron chi connectivity index (χ0n) is 14.6. The highest BCUT2D eigenvalue weighted by molar-refractivity contribution is 8.00. The molecule has 0 radical (unpaired) electrons. The highest BCUT2D eigenvalue weighted by Gasteiger charge is 2.20. The van der Waals surface area contributed by atoms with Gasteiger partial charge in [0.05, 0.1) is 18.0 Å². The van der Waals surface area contributed by atoms with Crippen LogP contribution in [0.3, 0.4) is 0 Å². The first kappa shape index (κ1) is 18.9. The fourth-order valence-electron chi connectivity index (χ4n) is 2.39. The van der Waals surface area contributed by atoms with Gasteiger partial charge in [-0.05, 0) is 31.2 Å². The molecule has 0 saturated heterocycles. The van der Waals surface area contributed by atoms with Gasteiger partial charge in [0, 0.05) is 18.5 Å². The van der Waals surface area contributed by atoms with Crippen LogP contribution in [-0.2, 0) is 4.79 Å². The van der Waals surface area contributed by atoms with Gasteiger partial charge in [0.15, 0.2) is 5.16 Å². The molecule has 5 nitrogen and oxygen atoms in total. The first-order valence-electron chi connectivity index (χ1n) is 8.09. The number of imidazole rings is 1. The van der Waals surface area contributed by atoms with E-state index in [4.69, 9.17) is 4.74 Å². The third-order valence-electron chi connectivity index (χ3n) is 3.80. The summed E-state index contributed by atoms with van der Waals surface area (Å²) in [7, 11) is 1.58. The Morgan fingerprint density at radius 1 is 1.22 bits per heavy atom. The number of thioether (sulfide) groups is 1. The molecule has 0 aliphatic carbocycles. The number of rotatable bonds is 6. The average molecular weight is 389 g/mol. The summed E-state index contributed by atoms with van der Waals surface area (Å²) >= 11 is 1.18. The molecule has 0 spiro atoms. The fourth-order valence-corrected chi connectivity index (χ4v) is 3.27. The predicted octanol–water partition coefficient (Wildman–Crippen LogP) is 4.28. The second-order valence-corrected chi connectivity index (χ2v) is 6.94. The van der Waals surface area contributed by atoms with Gasteiger partial charge in [-0.25, -0.2) is 13.8 Å². The summed E-state index contributed by atoms with van der Waals surface area (Å²) in [6.07, 6.45) is 3.38. The first-order valence-corrected chi connectivity index (χ1v) is 8.97. The van der Waals surface area contributed by atoms with Gasteiger partial charge in [0.25, 0.3) is 0 Å². The minimum absolute atomic E-state index is 0.453. The number of anilines is 1. The van der Waals surface area contributed by atoms with Crippen molar-refractivity contribution in [2.45, 2.75) is 17.3 Å². The van der Waals surface area contributed by atoms with Gasteiger partial charge in [-0.1, -0.05) is 23.9 Å². The molecule has 1 amide bonds. The fraction of sp³-hybridized carbons (Fsp3) is 0.158. The normalized spacial score (nSPS) is 11.9. The van der Waals surface area contributed by atoms with E-state index in [-0.39, 0.29) is 0 Å². The van der Waals surface area contributed by atoms with Crippen LogP contribution in [-0.4, -0.2) is 27.8 Å². The summed E-state index contributed by atoms with van der Waals surface area (Å²) in [6.45, 7) is 1.64. The largest absolute Gasteiger partial charge is 0.497 e. The quantitative estimate of drug-likeness (QED) is 0.640. The third kappa shape index (κ3) is 4.28. The lowest BCUT2D eigenvalue weighted by Crippen LogP contribution is -2.24. The Labute approximate surface area is 159 Å². The van der Waals surface area contributed by atoms with Crippen LogP contribution in [0.15, 0.2) is 60.0 Å². The number of hydrogen-bond acceptors (Lipinski definition) is 4. The number of para-hydroxylation sites is 1. The number of carbonyl (C=O) groups is 1. The van der Waals surface area contributed by atoms with E-state index in [1.807, 2.05) is 24.3 Å². The Morgan fingerprint density at radius 2 is 1.93 bits per heavy atom. The summed E-state index contributed by atoms with van der Waals surface area (Å²) in [5.41, 5.74) is 0.369. The van der Waals surface area contributed by atoms with Crippen LogP contribution in [0.4, 0.5) is 14.5 Å². The van der Waals surface area contributed by atoms with Crippen molar-refractivity contribution in [3.8, 4) is 11.4 Å². The molecule has 0 saturated carbocycles. The van der Waals surface area contributed by atoms with Gasteiger partial charge in [-0.15, -0.1) is 0 Å². The molecule has 1 unspecified atom stereocenters. The second-order valence-electron chi connectivity index (χ2n) is 5.63. The van der Waals surface area contributed by atoms with Crippen molar-refractivity contribution in [3.05, 3.63) is 66.5 Å². The van der Waals surface area contributed by atoms with Crippen LogP contribution < -0.4 is 10.1 Å². The van der Waals surface area contributed by atoms with Crippen LogP contribution in [0.1, 0.15) is 6.92 Å². The van der Waals surface area contributed by atoms with Gasteiger partial charge >= 0.3 is 0 Å². The minimum atomic E-state index is -0.821. The van der Waals surface area contributed by atoms with Crippen molar-refractivity contribution < 1.29 is 18.3 Å². The number of methoxy groups -OCH3 is 1. The van der Waals surface area contributed by atoms with Gasteiger partial charge in [-0.3, -0.25) is 9.36 Å². The summed E-state index contributed by atoms with van der Waals surface area (Å²) < 4.78 is 34.5. The van der Waals surface area contributed by atoms with E-state index >= 15 is 0 Å². The molecule has 0 aliphatic rings. The van der Waals surface area contributed by atoms with E-state index in [2.05, 4.69) is 10.3 Å². The van der Waals surface area contributed by atoms with Crippen molar-refractivity contribution in [2.75, 3.05) is 12.4 Å². The van der Waals surface area contributed by atoms with E-state index < -0.39 is 28.5 Å². The number of aromatic nitrogens is 2. The first-order chi connectivity index (χ1) is 13.0. The van der Waals surface area contributed by atoms with E-state index in [0.29, 0.717) is 10.9 Å². The van der Waals surface area contributed by atoms with Gasteiger partial charge in [0.1, 0.15) is 23.1 Å². The lowest BCUT2D eigenvalue weighted by atomic mass is 10.3. The molecular weight excluding hydrogens is 372 g/mol. The number of carbonyl (C=O) groups excluding carboxylic acids is 1. The Hall–Kier alpha value is -2.87. The molecule has 2 aromatic carbocycles. The highest BCUT2D eigenvalue weighted by Crippen LogP contribution is 2.27. The van der Waals surface area contributed by atoms with Crippen molar-refractivity contribution >= 4 is 23.4 Å². The lowest BCUT2D eigenvalue weighted by molar-refractivity contribution is -0.115. The topological polar surface area (TPSA) is 56.2 Å². The molecule has 3 rings (SSSR count). The SMILES string of the molecule is COc1cccc(-n2ccnc2SC(C)C(=O)Nc2c(F)cccc2F)c1. The molecule has 3 aromatic rings. The molecule has 1 atom stereocenters. The van der Waals surface area contributed by atoms with Crippen LogP contribution in [0.5, 0.6) is 5.75 Å². The highest BCUT2D eigenvalue weighted by atomic mass is 32.2. The molecule has 1 aromatic heterocycles. The molecule has 8 heteroatoms. The van der Waals surface area contributed by atoms with Crippen LogP contribution >= 0.6 is 11.8 Å². The molecule has 0 bridgehead atoms. The van der Waals surface area contributed by atoms with Gasteiger partial charge in [0.2, 0.25) is 5.91 Å². The lowest BCUT2D eigenvalue weighted by Gasteiger charge is -2.14. The number of hydrogen-bond donors (Lipinski definition) is 1. The predicted molar refractivity (Wildman–Crippen MR) is 100 cm³/mol. The number of halogens is 2. The molecule has 27 heavy (non-hydrogen) atoms. The van der Waals surface area contributed by atoms with Crippen molar-refractivity contribution in [1.82, 2.24) is 9.55 Å². The van der Waals surface area contributed by atoms with Crippen molar-refractivity contribution in [3.63, 3.8) is 0 Å². The maximum atomic E-state index is 13.7. The summed E-state index contributed by atoms with van der Waals surface area (Å²) in [4.78, 5) is 16.6. The number of amides is 1. The number of benzene rings is 2. The monoisotopic (exact) mass is 389 g/mol. The van der Waals surface area contributed by atoms with E-state index in [9.17, 15) is 13.6 Å². The van der Waals surface area contributed by atoms with Gasteiger partial charge in [-0.2, -0.15) is 0 Å². The smallest absolute Gasteiger partial charge is 0.237 e. The van der Waals surface area contributed by atoms with Crippen molar-refractivity contribution in [2.24, 2.45) is 0 Å². The summed E-state index contributed by atoms with van der Waals surface area (Å²) in [6, 6.07) is 10.8. The standard InChI is InChI=1S/C19H17F2N3O2S/c1-12(18(25)23-17-15(20)7-4-8-16(17)21)27-19-22-9-10-24(19)13-5-3-6-14(11-13)26-2/h3-12H,1-2H3,(H,23,25). The Kier molecular flexibility index (Phi) is 5.75. The molecular formula is C19H17F2N3O2S. The maximum Gasteiger partial charge on any atom is 0.237 e. The molecule has 1 heterocycles. The zero-order valence-corrected chi connectivity index (χ0v) is 15.5. The Bertz CT molecular complexity index is 941. The minimum Gasteiger partial charge on any atom is -0.497 e.